The van der Waals surface area contributed by atoms with Crippen LogP contribution in [0.25, 0.3) is 0 Å². The summed E-state index contributed by atoms with van der Waals surface area (Å²) in [5.41, 5.74) is 2.46. The van der Waals surface area contributed by atoms with Crippen molar-refractivity contribution in [1.82, 2.24) is 0 Å². The Morgan fingerprint density at radius 2 is 0.804 bits per heavy atom. The van der Waals surface area contributed by atoms with E-state index in [1.807, 2.05) is 0 Å². The fourth-order valence-electron chi connectivity index (χ4n) is 3.95. The minimum atomic E-state index is -0.592. The van der Waals surface area contributed by atoms with Gasteiger partial charge in [-0.15, -0.1) is 0 Å². The van der Waals surface area contributed by atoms with E-state index in [1.165, 1.54) is 37.0 Å². The summed E-state index contributed by atoms with van der Waals surface area (Å²) in [5, 5.41) is 75.1. The molecule has 14 nitrogen and oxygen atoms in total. The highest BCUT2D eigenvalue weighted by Gasteiger charge is 2.11. The zero-order chi connectivity index (χ0) is 33.3. The molecule has 6 N–H and O–H groups in total. The normalized spacial score (nSPS) is 13.1. The molecule has 14 heteroatoms. The first-order valence-corrected chi connectivity index (χ1v) is 14.3. The molecule has 0 unspecified atom stereocenters. The molecule has 0 spiro atoms. The number of aromatic hydroxyl groups is 4. The third-order valence-corrected chi connectivity index (χ3v) is 6.14. The van der Waals surface area contributed by atoms with E-state index in [0.29, 0.717) is 35.1 Å². The Balaban J connectivity index is 1.36. The fourth-order valence-corrected chi connectivity index (χ4v) is 3.95. The Morgan fingerprint density at radius 1 is 0.500 bits per heavy atom. The monoisotopic (exact) mass is 638 g/mol. The molecule has 0 saturated heterocycles. The summed E-state index contributed by atoms with van der Waals surface area (Å²) >= 11 is 0. The van der Waals surface area contributed by atoms with Gasteiger partial charge in [-0.05, 0) is 49.2 Å². The molecule has 2 atom stereocenters. The first-order valence-electron chi connectivity index (χ1n) is 14.3. The number of phenols is 4. The molecule has 0 fully saturated rings. The average molecular weight is 639 g/mol. The maximum Gasteiger partial charge on any atom is 0.167 e. The van der Waals surface area contributed by atoms with Crippen LogP contribution in [0.5, 0.6) is 23.0 Å². The molecule has 0 bridgehead atoms. The number of aliphatic hydroxyl groups excluding tert-OH is 2. The van der Waals surface area contributed by atoms with Crippen molar-refractivity contribution in [3.63, 3.8) is 0 Å². The van der Waals surface area contributed by atoms with Crippen molar-refractivity contribution in [2.75, 3.05) is 26.4 Å². The molecular formula is C32H38N4O10. The molecule has 3 rings (SSSR count). The number of nitrogens with zero attached hydrogens (tertiary/aromatic N) is 4. The van der Waals surface area contributed by atoms with E-state index in [9.17, 15) is 30.6 Å². The van der Waals surface area contributed by atoms with Crippen molar-refractivity contribution >= 4 is 24.9 Å². The van der Waals surface area contributed by atoms with E-state index >= 15 is 0 Å². The molecule has 0 aromatic heterocycles. The van der Waals surface area contributed by atoms with Crippen LogP contribution >= 0.6 is 0 Å². The highest BCUT2D eigenvalue weighted by molar-refractivity contribution is 5.91. The molecule has 0 aliphatic rings. The van der Waals surface area contributed by atoms with Gasteiger partial charge in [0.05, 0.1) is 37.1 Å². The molecule has 0 amide bonds. The van der Waals surface area contributed by atoms with Gasteiger partial charge in [0.2, 0.25) is 0 Å². The van der Waals surface area contributed by atoms with Crippen LogP contribution < -0.4 is 0 Å². The fraction of sp³-hybridized carbons (Fsp3) is 0.312. The third kappa shape index (κ3) is 11.3. The number of para-hydroxylation sites is 2. The van der Waals surface area contributed by atoms with Gasteiger partial charge in [-0.3, -0.25) is 0 Å². The SMILES string of the molecule is C[C@H](O)Cc1cccc(/C=N/OCCO/N=C/c2ccc(/C=N/OCCO/N=C/c3cccc(C[C@H](C)O)c3O)c(O)c2O)c1O. The van der Waals surface area contributed by atoms with Gasteiger partial charge in [0.1, 0.15) is 11.5 Å². The Bertz CT molecular complexity index is 1410. The van der Waals surface area contributed by atoms with E-state index in [2.05, 4.69) is 20.6 Å². The molecule has 246 valence electrons. The van der Waals surface area contributed by atoms with E-state index in [-0.39, 0.29) is 49.1 Å². The number of benzene rings is 3. The molecule has 0 aliphatic heterocycles. The number of oxime groups is 4. The van der Waals surface area contributed by atoms with E-state index in [1.54, 1.807) is 50.2 Å². The molecule has 0 radical (unpaired) electrons. The highest BCUT2D eigenvalue weighted by Crippen LogP contribution is 2.31. The Hall–Kier alpha value is -5.34. The second kappa shape index (κ2) is 18.5. The molecule has 3 aromatic rings. The molecule has 0 saturated carbocycles. The summed E-state index contributed by atoms with van der Waals surface area (Å²) in [6, 6.07) is 13.2. The predicted octanol–water partition coefficient (Wildman–Crippen LogP) is 3.16. The first-order chi connectivity index (χ1) is 22.2. The molecule has 3 aromatic carbocycles. The summed E-state index contributed by atoms with van der Waals surface area (Å²) in [6.45, 7) is 3.43. The minimum absolute atomic E-state index is 0.0208. The minimum Gasteiger partial charge on any atom is -0.507 e. The van der Waals surface area contributed by atoms with Gasteiger partial charge in [-0.2, -0.15) is 0 Å². The lowest BCUT2D eigenvalue weighted by Gasteiger charge is -2.08. The lowest BCUT2D eigenvalue weighted by Crippen LogP contribution is -2.05. The van der Waals surface area contributed by atoms with Crippen LogP contribution in [0.2, 0.25) is 0 Å². The summed E-state index contributed by atoms with van der Waals surface area (Å²) in [6.07, 6.45) is 4.55. The number of rotatable bonds is 18. The number of phenolic OH excluding ortho intramolecular Hbond substituents is 4. The quantitative estimate of drug-likeness (QED) is 0.0519. The van der Waals surface area contributed by atoms with Crippen LogP contribution in [0.1, 0.15) is 47.2 Å². The van der Waals surface area contributed by atoms with Gasteiger partial charge in [-0.1, -0.05) is 44.9 Å². The Kier molecular flexibility index (Phi) is 14.1. The van der Waals surface area contributed by atoms with Crippen LogP contribution in [-0.2, 0) is 32.2 Å². The van der Waals surface area contributed by atoms with Gasteiger partial charge in [0.25, 0.3) is 0 Å². The average Bonchev–Trinajstić information content (AvgIpc) is 3.01. The third-order valence-electron chi connectivity index (χ3n) is 6.14. The molecule has 0 heterocycles. The largest absolute Gasteiger partial charge is 0.507 e. The lowest BCUT2D eigenvalue weighted by atomic mass is 10.0. The Labute approximate surface area is 265 Å². The predicted molar refractivity (Wildman–Crippen MR) is 171 cm³/mol. The van der Waals surface area contributed by atoms with Gasteiger partial charge < -0.3 is 50.0 Å². The van der Waals surface area contributed by atoms with Crippen LogP contribution in [0.15, 0.2) is 69.2 Å². The van der Waals surface area contributed by atoms with Crippen LogP contribution in [-0.4, -0.2) is 94.1 Å². The van der Waals surface area contributed by atoms with Crippen molar-refractivity contribution < 1.29 is 50.0 Å². The molecular weight excluding hydrogens is 600 g/mol. The standard InChI is InChI=1S/C32H38N4O10/c1-21(37)15-23-5-3-7-25(29(23)39)17-33-43-11-13-45-35-19-27-9-10-28(32(42)31(27)41)20-36-46-14-12-44-34-18-26-8-4-6-24(30(26)40)16-22(2)38/h3-10,17-22,37-42H,11-16H2,1-2H3/b33-17+,34-18+,35-19+,36-20+/t21-,22-/m0/s1. The van der Waals surface area contributed by atoms with Crippen molar-refractivity contribution in [2.45, 2.75) is 38.9 Å². The van der Waals surface area contributed by atoms with Crippen molar-refractivity contribution in [3.8, 4) is 23.0 Å². The zero-order valence-electron chi connectivity index (χ0n) is 25.4. The second-order valence-corrected chi connectivity index (χ2v) is 10.0. The summed E-state index contributed by atoms with van der Waals surface area (Å²) in [7, 11) is 0. The van der Waals surface area contributed by atoms with Crippen LogP contribution in [0.3, 0.4) is 0 Å². The van der Waals surface area contributed by atoms with E-state index < -0.39 is 23.7 Å². The first kappa shape index (κ1) is 35.1. The van der Waals surface area contributed by atoms with Gasteiger partial charge in [0.15, 0.2) is 37.9 Å². The number of hydrogen-bond acceptors (Lipinski definition) is 14. The summed E-state index contributed by atoms with van der Waals surface area (Å²) < 4.78 is 0. The topological polar surface area (TPSA) is 208 Å². The highest BCUT2D eigenvalue weighted by atomic mass is 16.7. The smallest absolute Gasteiger partial charge is 0.167 e. The lowest BCUT2D eigenvalue weighted by molar-refractivity contribution is 0.0552. The van der Waals surface area contributed by atoms with Gasteiger partial charge in [-0.25, -0.2) is 0 Å². The maximum atomic E-state index is 10.3. The van der Waals surface area contributed by atoms with Gasteiger partial charge >= 0.3 is 0 Å². The Morgan fingerprint density at radius 3 is 1.11 bits per heavy atom. The van der Waals surface area contributed by atoms with E-state index in [0.717, 1.165) is 0 Å². The molecule has 46 heavy (non-hydrogen) atoms. The van der Waals surface area contributed by atoms with Crippen molar-refractivity contribution in [1.29, 1.82) is 0 Å². The van der Waals surface area contributed by atoms with Crippen LogP contribution in [0, 0.1) is 0 Å². The van der Waals surface area contributed by atoms with Crippen LogP contribution in [0.4, 0.5) is 0 Å². The summed E-state index contributed by atoms with van der Waals surface area (Å²) in [5.74, 6) is -0.832. The van der Waals surface area contributed by atoms with Crippen molar-refractivity contribution in [2.24, 2.45) is 20.6 Å². The summed E-state index contributed by atoms with van der Waals surface area (Å²) in [4.78, 5) is 20.4. The van der Waals surface area contributed by atoms with Crippen molar-refractivity contribution in [3.05, 3.63) is 81.9 Å². The number of aliphatic hydroxyl groups is 2. The molecule has 0 aliphatic carbocycles. The van der Waals surface area contributed by atoms with E-state index in [4.69, 9.17) is 19.4 Å². The second-order valence-electron chi connectivity index (χ2n) is 10.0. The maximum absolute atomic E-state index is 10.3. The van der Waals surface area contributed by atoms with Gasteiger partial charge in [0, 0.05) is 35.1 Å². The number of hydrogen-bond donors (Lipinski definition) is 6. The zero-order valence-corrected chi connectivity index (χ0v) is 25.4.